The smallest absolute Gasteiger partial charge is 0.224 e. The summed E-state index contributed by atoms with van der Waals surface area (Å²) >= 11 is 0. The molecular formula is C22H27FN2O3. The minimum atomic E-state index is -0.333. The van der Waals surface area contributed by atoms with Gasteiger partial charge < -0.3 is 14.6 Å². The number of piperidine rings is 1. The molecule has 1 unspecified atom stereocenters. The molecule has 0 radical (unpaired) electrons. The van der Waals surface area contributed by atoms with Gasteiger partial charge in [0.05, 0.1) is 11.5 Å². The van der Waals surface area contributed by atoms with Crippen molar-refractivity contribution in [3.05, 3.63) is 48.0 Å². The van der Waals surface area contributed by atoms with E-state index < -0.39 is 0 Å². The largest absolute Gasteiger partial charge is 0.461 e. The van der Waals surface area contributed by atoms with Crippen LogP contribution >= 0.6 is 0 Å². The highest BCUT2D eigenvalue weighted by Crippen LogP contribution is 2.25. The summed E-state index contributed by atoms with van der Waals surface area (Å²) in [6.45, 7) is 3.86. The summed E-state index contributed by atoms with van der Waals surface area (Å²) < 4.78 is 19.6. The summed E-state index contributed by atoms with van der Waals surface area (Å²) in [5.41, 5.74) is 0.414. The number of benzene rings is 1. The summed E-state index contributed by atoms with van der Waals surface area (Å²) in [5, 5.41) is 2.92. The zero-order valence-electron chi connectivity index (χ0n) is 16.2. The van der Waals surface area contributed by atoms with Crippen molar-refractivity contribution in [3.63, 3.8) is 0 Å². The van der Waals surface area contributed by atoms with Gasteiger partial charge in [-0.1, -0.05) is 19.1 Å². The number of hydrogen-bond donors (Lipinski definition) is 1. The molecule has 3 rings (SSSR count). The third-order valence-electron chi connectivity index (χ3n) is 5.08. The van der Waals surface area contributed by atoms with Gasteiger partial charge in [-0.15, -0.1) is 0 Å². The molecule has 1 aliphatic heterocycles. The quantitative estimate of drug-likeness (QED) is 0.788. The third-order valence-corrected chi connectivity index (χ3v) is 5.08. The maximum Gasteiger partial charge on any atom is 0.224 e. The normalized spacial score (nSPS) is 16.8. The summed E-state index contributed by atoms with van der Waals surface area (Å²) in [6, 6.07) is 9.97. The van der Waals surface area contributed by atoms with Gasteiger partial charge in [0, 0.05) is 32.5 Å². The lowest BCUT2D eigenvalue weighted by molar-refractivity contribution is -0.135. The lowest BCUT2D eigenvalue weighted by atomic mass is 9.96. The van der Waals surface area contributed by atoms with Gasteiger partial charge in [-0.2, -0.15) is 0 Å². The molecule has 1 aromatic heterocycles. The van der Waals surface area contributed by atoms with Gasteiger partial charge >= 0.3 is 0 Å². The predicted molar refractivity (Wildman–Crippen MR) is 105 cm³/mol. The first kappa shape index (κ1) is 20.1. The maximum absolute atomic E-state index is 13.9. The molecule has 1 aliphatic rings. The molecule has 2 aromatic rings. The van der Waals surface area contributed by atoms with Crippen LogP contribution in [0.3, 0.4) is 0 Å². The average molecular weight is 386 g/mol. The Morgan fingerprint density at radius 2 is 2.07 bits per heavy atom. The molecule has 2 amide bonds. The highest BCUT2D eigenvalue weighted by molar-refractivity contribution is 5.81. The van der Waals surface area contributed by atoms with Crippen LogP contribution in [0.2, 0.25) is 0 Å². The Hall–Kier alpha value is -2.63. The van der Waals surface area contributed by atoms with Crippen LogP contribution in [0.15, 0.2) is 40.8 Å². The lowest BCUT2D eigenvalue weighted by Crippen LogP contribution is -2.45. The molecule has 28 heavy (non-hydrogen) atoms. The second kappa shape index (κ2) is 9.53. The Balaban J connectivity index is 1.53. The topological polar surface area (TPSA) is 62.6 Å². The van der Waals surface area contributed by atoms with Gasteiger partial charge in [-0.3, -0.25) is 9.59 Å². The van der Waals surface area contributed by atoms with E-state index in [1.54, 1.807) is 35.2 Å². The Labute approximate surface area is 164 Å². The van der Waals surface area contributed by atoms with Gasteiger partial charge in [0.25, 0.3) is 0 Å². The standard InChI is InChI=1S/C22H27FN2O3/c1-2-13-24-22(27)16-6-5-14-25(15-16)21(26)12-10-17-9-11-20(28-17)18-7-3-4-8-19(18)23/h3-4,7-9,11,16H,2,5-6,10,12-15H2,1H3,(H,24,27). The molecule has 0 spiro atoms. The summed E-state index contributed by atoms with van der Waals surface area (Å²) in [4.78, 5) is 26.5. The van der Waals surface area contributed by atoms with Gasteiger partial charge in [-0.25, -0.2) is 4.39 Å². The van der Waals surface area contributed by atoms with Gasteiger partial charge in [0.2, 0.25) is 11.8 Å². The predicted octanol–water partition coefficient (Wildman–Crippen LogP) is 3.78. The van der Waals surface area contributed by atoms with Crippen molar-refractivity contribution < 1.29 is 18.4 Å². The number of carbonyl (C=O) groups is 2. The van der Waals surface area contributed by atoms with Crippen molar-refractivity contribution in [2.45, 2.75) is 39.0 Å². The molecule has 1 N–H and O–H groups in total. The molecule has 5 nitrogen and oxygen atoms in total. The molecule has 0 saturated carbocycles. The van der Waals surface area contributed by atoms with E-state index >= 15 is 0 Å². The van der Waals surface area contributed by atoms with E-state index in [0.717, 1.165) is 19.3 Å². The monoisotopic (exact) mass is 386 g/mol. The Morgan fingerprint density at radius 3 is 2.86 bits per heavy atom. The van der Waals surface area contributed by atoms with Crippen LogP contribution in [0.1, 0.15) is 38.4 Å². The van der Waals surface area contributed by atoms with E-state index in [1.807, 2.05) is 6.92 Å². The number of halogens is 1. The molecule has 1 saturated heterocycles. The Kier molecular flexibility index (Phi) is 6.85. The minimum absolute atomic E-state index is 0.0248. The first-order valence-corrected chi connectivity index (χ1v) is 9.97. The van der Waals surface area contributed by atoms with Crippen molar-refractivity contribution >= 4 is 11.8 Å². The minimum Gasteiger partial charge on any atom is -0.461 e. The van der Waals surface area contributed by atoms with Crippen molar-refractivity contribution in [3.8, 4) is 11.3 Å². The summed E-state index contributed by atoms with van der Waals surface area (Å²) in [6.07, 6.45) is 3.33. The number of likely N-dealkylation sites (tertiary alicyclic amines) is 1. The molecular weight excluding hydrogens is 359 g/mol. The molecule has 1 atom stereocenters. The second-order valence-electron chi connectivity index (χ2n) is 7.22. The fourth-order valence-corrected chi connectivity index (χ4v) is 3.52. The zero-order chi connectivity index (χ0) is 19.9. The first-order valence-electron chi connectivity index (χ1n) is 9.97. The molecule has 6 heteroatoms. The van der Waals surface area contributed by atoms with Crippen LogP contribution in [0.25, 0.3) is 11.3 Å². The van der Waals surface area contributed by atoms with Crippen LogP contribution in [-0.4, -0.2) is 36.3 Å². The molecule has 1 aromatic carbocycles. The van der Waals surface area contributed by atoms with Crippen molar-refractivity contribution in [2.75, 3.05) is 19.6 Å². The van der Waals surface area contributed by atoms with Crippen LogP contribution in [0.5, 0.6) is 0 Å². The van der Waals surface area contributed by atoms with Crippen LogP contribution in [0.4, 0.5) is 4.39 Å². The molecule has 2 heterocycles. The second-order valence-corrected chi connectivity index (χ2v) is 7.22. The fourth-order valence-electron chi connectivity index (χ4n) is 3.52. The van der Waals surface area contributed by atoms with Crippen LogP contribution < -0.4 is 5.32 Å². The van der Waals surface area contributed by atoms with E-state index in [9.17, 15) is 14.0 Å². The highest BCUT2D eigenvalue weighted by atomic mass is 19.1. The molecule has 1 fully saturated rings. The third kappa shape index (κ3) is 5.00. The maximum atomic E-state index is 13.9. The van der Waals surface area contributed by atoms with E-state index in [-0.39, 0.29) is 23.5 Å². The number of nitrogens with zero attached hydrogens (tertiary/aromatic N) is 1. The number of furan rings is 1. The zero-order valence-corrected chi connectivity index (χ0v) is 16.2. The number of carbonyl (C=O) groups excluding carboxylic acids is 2. The molecule has 0 aliphatic carbocycles. The number of hydrogen-bond acceptors (Lipinski definition) is 3. The molecule has 0 bridgehead atoms. The Morgan fingerprint density at radius 1 is 1.25 bits per heavy atom. The van der Waals surface area contributed by atoms with E-state index in [1.165, 1.54) is 6.07 Å². The van der Waals surface area contributed by atoms with Gasteiger partial charge in [-0.05, 0) is 43.5 Å². The lowest BCUT2D eigenvalue weighted by Gasteiger charge is -2.32. The van der Waals surface area contributed by atoms with Crippen LogP contribution in [-0.2, 0) is 16.0 Å². The van der Waals surface area contributed by atoms with E-state index in [0.29, 0.717) is 49.6 Å². The van der Waals surface area contributed by atoms with Crippen molar-refractivity contribution in [1.29, 1.82) is 0 Å². The summed E-state index contributed by atoms with van der Waals surface area (Å²) in [7, 11) is 0. The van der Waals surface area contributed by atoms with Gasteiger partial charge in [0.15, 0.2) is 0 Å². The van der Waals surface area contributed by atoms with Crippen molar-refractivity contribution in [2.24, 2.45) is 5.92 Å². The van der Waals surface area contributed by atoms with Gasteiger partial charge in [0.1, 0.15) is 17.3 Å². The number of aryl methyl sites for hydroxylation is 1. The SMILES string of the molecule is CCCNC(=O)C1CCCN(C(=O)CCc2ccc(-c3ccccc3F)o2)C1. The Bertz CT molecular complexity index is 818. The number of rotatable bonds is 7. The fraction of sp³-hybridized carbons (Fsp3) is 0.455. The summed E-state index contributed by atoms with van der Waals surface area (Å²) in [5.74, 6) is 0.726. The number of nitrogens with one attached hydrogen (secondary N) is 1. The highest BCUT2D eigenvalue weighted by Gasteiger charge is 2.28. The van der Waals surface area contributed by atoms with E-state index in [2.05, 4.69) is 5.32 Å². The first-order chi connectivity index (χ1) is 13.6. The average Bonchev–Trinajstić information content (AvgIpc) is 3.19. The van der Waals surface area contributed by atoms with Crippen LogP contribution in [0, 0.1) is 11.7 Å². The van der Waals surface area contributed by atoms with E-state index in [4.69, 9.17) is 4.42 Å². The van der Waals surface area contributed by atoms with Crippen molar-refractivity contribution in [1.82, 2.24) is 10.2 Å². The number of amides is 2. The molecule has 150 valence electrons.